The summed E-state index contributed by atoms with van der Waals surface area (Å²) in [7, 11) is -4.64. The van der Waals surface area contributed by atoms with Crippen molar-refractivity contribution in [3.63, 3.8) is 0 Å². The predicted molar refractivity (Wildman–Crippen MR) is 86.3 cm³/mol. The van der Waals surface area contributed by atoms with Crippen molar-refractivity contribution in [2.45, 2.75) is 73.2 Å². The lowest BCUT2D eigenvalue weighted by Gasteiger charge is -2.39. The summed E-state index contributed by atoms with van der Waals surface area (Å²) in [6.07, 6.45) is -19.7. The van der Waals surface area contributed by atoms with E-state index in [-0.39, 0.29) is 0 Å². The van der Waals surface area contributed by atoms with Gasteiger partial charge in [-0.3, -0.25) is 0 Å². The Bertz CT molecular complexity index is 369. The number of phosphoric acid groups is 1. The maximum Gasteiger partial charge on any atom is 0.466 e. The second kappa shape index (κ2) is 11.3. The molecule has 0 bridgehead atoms. The second-order valence-electron chi connectivity index (χ2n) is 6.40. The Kier molecular flexibility index (Phi) is 11.2. The maximum absolute atomic E-state index is 8.97. The summed E-state index contributed by atoms with van der Waals surface area (Å²) in [4.78, 5) is 21.6. The molecule has 15 N–H and O–H groups in total. The molecule has 0 radical (unpaired) electrons. The molecule has 17 heteroatoms. The van der Waals surface area contributed by atoms with E-state index in [9.17, 15) is 0 Å². The molecule has 0 aliphatic heterocycles. The molecule has 0 spiro atoms. The van der Waals surface area contributed by atoms with E-state index in [2.05, 4.69) is 0 Å². The van der Waals surface area contributed by atoms with Crippen LogP contribution in [0.3, 0.4) is 0 Å². The van der Waals surface area contributed by atoms with E-state index in [1.807, 2.05) is 0 Å². The van der Waals surface area contributed by atoms with Gasteiger partial charge in [0.05, 0.1) is 0 Å². The van der Waals surface area contributed by atoms with Gasteiger partial charge in [0.1, 0.15) is 73.2 Å². The van der Waals surface area contributed by atoms with Crippen LogP contribution in [-0.2, 0) is 4.57 Å². The summed E-state index contributed by atoms with van der Waals surface area (Å²) >= 11 is 0. The van der Waals surface area contributed by atoms with Crippen LogP contribution in [0.4, 0.5) is 0 Å². The number of hydrogen-bond acceptors (Lipinski definition) is 13. The standard InChI is InChI=1S/2C6H12O6.H3O4P/c2*7-1-2(8)4(10)6(12)5(11)3(1)9;1-5(2,3)4/h2*1-12H;(H3,1,2,3,4)/t2*1-,2-,3-,4+,5-,6-;. The van der Waals surface area contributed by atoms with Crippen LogP contribution in [-0.4, -0.2) is 149 Å². The molecule has 16 nitrogen and oxygen atoms in total. The average molecular weight is 458 g/mol. The molecule has 2 aliphatic carbocycles. The molecule has 0 aromatic rings. The summed E-state index contributed by atoms with van der Waals surface area (Å²) in [5, 5.41) is 108. The van der Waals surface area contributed by atoms with Crippen molar-refractivity contribution in [2.75, 3.05) is 0 Å². The van der Waals surface area contributed by atoms with Crippen molar-refractivity contribution >= 4 is 7.82 Å². The van der Waals surface area contributed by atoms with Gasteiger partial charge < -0.3 is 76.0 Å². The van der Waals surface area contributed by atoms with Crippen LogP contribution >= 0.6 is 7.82 Å². The second-order valence-corrected chi connectivity index (χ2v) is 7.43. The van der Waals surface area contributed by atoms with Crippen molar-refractivity contribution in [1.29, 1.82) is 0 Å². The molecule has 0 saturated heterocycles. The Balaban J connectivity index is 0.000000442. The van der Waals surface area contributed by atoms with Crippen molar-refractivity contribution in [1.82, 2.24) is 0 Å². The molecule has 0 aromatic heterocycles. The topological polar surface area (TPSA) is 321 Å². The fourth-order valence-electron chi connectivity index (χ4n) is 2.42. The van der Waals surface area contributed by atoms with Gasteiger partial charge in [0.2, 0.25) is 0 Å². The normalized spacial score (nSPS) is 48.0. The minimum Gasteiger partial charge on any atom is -0.387 e. The molecular weight excluding hydrogens is 431 g/mol. The molecule has 0 amide bonds. The fraction of sp³-hybridized carbons (Fsp3) is 1.00. The molecular formula is C12H27O16P. The third kappa shape index (κ3) is 8.00. The van der Waals surface area contributed by atoms with Crippen LogP contribution < -0.4 is 0 Å². The minimum absolute atomic E-state index is 1.64. The largest absolute Gasteiger partial charge is 0.466 e. The van der Waals surface area contributed by atoms with Crippen LogP contribution in [0.5, 0.6) is 0 Å². The molecule has 176 valence electrons. The van der Waals surface area contributed by atoms with E-state index in [1.54, 1.807) is 0 Å². The summed E-state index contributed by atoms with van der Waals surface area (Å²) in [6.45, 7) is 0. The number of rotatable bonds is 0. The highest BCUT2D eigenvalue weighted by Gasteiger charge is 2.48. The first-order chi connectivity index (χ1) is 12.9. The third-order valence-electron chi connectivity index (χ3n) is 4.20. The van der Waals surface area contributed by atoms with E-state index in [0.29, 0.717) is 0 Å². The van der Waals surface area contributed by atoms with Crippen LogP contribution in [0.25, 0.3) is 0 Å². The van der Waals surface area contributed by atoms with Crippen molar-refractivity contribution in [3.05, 3.63) is 0 Å². The Hall–Kier alpha value is -0.370. The van der Waals surface area contributed by atoms with Gasteiger partial charge in [-0.2, -0.15) is 0 Å². The zero-order chi connectivity index (χ0) is 23.4. The first kappa shape index (κ1) is 28.6. The summed E-state index contributed by atoms with van der Waals surface area (Å²) in [6, 6.07) is 0. The number of hydrogen-bond donors (Lipinski definition) is 15. The first-order valence-corrected chi connectivity index (χ1v) is 9.45. The SMILES string of the molecule is O=P(O)(O)O.O[C@H]1[C@H](O)[C@@H](O)[C@H](O)[C@@H](O)[C@H]1O.O[C@H]1[C@H](O)[C@@H](O)[C@H](O)[C@@H](O)[C@H]1O. The van der Waals surface area contributed by atoms with E-state index < -0.39 is 81.1 Å². The van der Waals surface area contributed by atoms with Crippen molar-refractivity contribution in [2.24, 2.45) is 0 Å². The van der Waals surface area contributed by atoms with Gasteiger partial charge in [0.15, 0.2) is 0 Å². The van der Waals surface area contributed by atoms with Crippen molar-refractivity contribution < 1.29 is 80.5 Å². The van der Waals surface area contributed by atoms with Gasteiger partial charge in [0, 0.05) is 0 Å². The summed E-state index contributed by atoms with van der Waals surface area (Å²) in [5.41, 5.74) is 0. The monoisotopic (exact) mass is 458 g/mol. The zero-order valence-electron chi connectivity index (χ0n) is 14.5. The lowest BCUT2D eigenvalue weighted by Crippen LogP contribution is -2.63. The minimum atomic E-state index is -4.64. The van der Waals surface area contributed by atoms with E-state index in [0.717, 1.165) is 0 Å². The number of aliphatic hydroxyl groups is 12. The van der Waals surface area contributed by atoms with Gasteiger partial charge >= 0.3 is 7.82 Å². The summed E-state index contributed by atoms with van der Waals surface area (Å²) in [5.74, 6) is 0. The Morgan fingerprint density at radius 3 is 0.379 bits per heavy atom. The van der Waals surface area contributed by atoms with Crippen LogP contribution in [0, 0.1) is 0 Å². The molecule has 2 saturated carbocycles. The van der Waals surface area contributed by atoms with Gasteiger partial charge in [-0.25, -0.2) is 4.57 Å². The average Bonchev–Trinajstić information content (AvgIpc) is 2.64. The highest BCUT2D eigenvalue weighted by Crippen LogP contribution is 2.26. The van der Waals surface area contributed by atoms with Gasteiger partial charge in [-0.15, -0.1) is 0 Å². The molecule has 2 fully saturated rings. The molecule has 0 unspecified atom stereocenters. The van der Waals surface area contributed by atoms with Gasteiger partial charge in [-0.1, -0.05) is 0 Å². The van der Waals surface area contributed by atoms with E-state index in [4.69, 9.17) is 80.5 Å². The maximum atomic E-state index is 8.97. The molecule has 2 rings (SSSR count). The highest BCUT2D eigenvalue weighted by atomic mass is 31.2. The zero-order valence-corrected chi connectivity index (χ0v) is 15.4. The molecule has 0 atom stereocenters. The first-order valence-electron chi connectivity index (χ1n) is 7.88. The Labute approximate surface area is 162 Å². The van der Waals surface area contributed by atoms with Crippen LogP contribution in [0.1, 0.15) is 0 Å². The predicted octanol–water partition coefficient (Wildman–Crippen LogP) is -8.60. The van der Waals surface area contributed by atoms with E-state index >= 15 is 0 Å². The molecule has 0 aromatic carbocycles. The fourth-order valence-corrected chi connectivity index (χ4v) is 2.42. The van der Waals surface area contributed by atoms with Crippen LogP contribution in [0.15, 0.2) is 0 Å². The third-order valence-corrected chi connectivity index (χ3v) is 4.20. The summed E-state index contributed by atoms with van der Waals surface area (Å²) < 4.78 is 8.88. The Morgan fingerprint density at radius 1 is 0.310 bits per heavy atom. The molecule has 0 heterocycles. The smallest absolute Gasteiger partial charge is 0.387 e. The van der Waals surface area contributed by atoms with Gasteiger partial charge in [0.25, 0.3) is 0 Å². The highest BCUT2D eigenvalue weighted by molar-refractivity contribution is 7.45. The van der Waals surface area contributed by atoms with Crippen molar-refractivity contribution in [3.8, 4) is 0 Å². The lowest BCUT2D eigenvalue weighted by atomic mass is 9.85. The Morgan fingerprint density at radius 2 is 0.345 bits per heavy atom. The molecule has 29 heavy (non-hydrogen) atoms. The molecule has 2 aliphatic rings. The van der Waals surface area contributed by atoms with Gasteiger partial charge in [-0.05, 0) is 0 Å². The van der Waals surface area contributed by atoms with E-state index in [1.165, 1.54) is 0 Å². The van der Waals surface area contributed by atoms with Crippen LogP contribution in [0.2, 0.25) is 0 Å². The quantitative estimate of drug-likeness (QED) is 0.150. The lowest BCUT2D eigenvalue weighted by molar-refractivity contribution is -0.223. The number of aliphatic hydroxyl groups excluding tert-OH is 12.